The fourth-order valence-corrected chi connectivity index (χ4v) is 1.56. The van der Waals surface area contributed by atoms with Crippen molar-refractivity contribution in [2.45, 2.75) is 51.4 Å². The van der Waals surface area contributed by atoms with E-state index in [2.05, 4.69) is 11.2 Å². The van der Waals surface area contributed by atoms with Gasteiger partial charge in [-0.3, -0.25) is 4.79 Å². The summed E-state index contributed by atoms with van der Waals surface area (Å²) in [5.74, 6) is 2.49. The highest BCUT2D eigenvalue weighted by molar-refractivity contribution is 5.81. The minimum Gasteiger partial charge on any atom is -0.365 e. The zero-order chi connectivity index (χ0) is 10.6. The molecule has 0 saturated carbocycles. The van der Waals surface area contributed by atoms with E-state index in [0.29, 0.717) is 6.42 Å². The molecule has 0 aromatic carbocycles. The molecule has 3 unspecified atom stereocenters. The Morgan fingerprint density at radius 3 is 2.93 bits per heavy atom. The number of hydrogen-bond acceptors (Lipinski definition) is 2. The number of ether oxygens (including phenoxy) is 1. The number of carbonyl (C=O) groups is 1. The van der Waals surface area contributed by atoms with Crippen LogP contribution in [0.5, 0.6) is 0 Å². The number of hydrogen-bond donors (Lipinski definition) is 1. The highest BCUT2D eigenvalue weighted by atomic mass is 16.5. The summed E-state index contributed by atoms with van der Waals surface area (Å²) in [5.41, 5.74) is 0. The highest BCUT2D eigenvalue weighted by Crippen LogP contribution is 2.19. The maximum absolute atomic E-state index is 11.6. The molecule has 3 heteroatoms. The van der Waals surface area contributed by atoms with Gasteiger partial charge in [0.25, 0.3) is 0 Å². The van der Waals surface area contributed by atoms with Crippen molar-refractivity contribution in [2.75, 3.05) is 0 Å². The van der Waals surface area contributed by atoms with Gasteiger partial charge in [-0.1, -0.05) is 0 Å². The van der Waals surface area contributed by atoms with Crippen LogP contribution in [0.4, 0.5) is 0 Å². The number of nitrogens with one attached hydrogen (secondary N) is 1. The predicted octanol–water partition coefficient (Wildman–Crippen LogP) is 1.08. The van der Waals surface area contributed by atoms with Crippen LogP contribution >= 0.6 is 0 Å². The van der Waals surface area contributed by atoms with Crippen LogP contribution in [0.1, 0.15) is 33.1 Å². The van der Waals surface area contributed by atoms with Crippen molar-refractivity contribution in [2.24, 2.45) is 0 Å². The summed E-state index contributed by atoms with van der Waals surface area (Å²) in [7, 11) is 0. The van der Waals surface area contributed by atoms with Crippen LogP contribution in [0.25, 0.3) is 0 Å². The second-order valence-corrected chi connectivity index (χ2v) is 3.83. The van der Waals surface area contributed by atoms with Gasteiger partial charge >= 0.3 is 0 Å². The van der Waals surface area contributed by atoms with Gasteiger partial charge in [-0.05, 0) is 26.7 Å². The highest BCUT2D eigenvalue weighted by Gasteiger charge is 2.28. The summed E-state index contributed by atoms with van der Waals surface area (Å²) < 4.78 is 5.44. The molecule has 1 aliphatic rings. The third-order valence-corrected chi connectivity index (χ3v) is 2.34. The summed E-state index contributed by atoms with van der Waals surface area (Å²) in [6, 6.07) is 0.0343. The smallest absolute Gasteiger partial charge is 0.249 e. The lowest BCUT2D eigenvalue weighted by molar-refractivity contribution is -0.132. The van der Waals surface area contributed by atoms with Crippen LogP contribution in [0.15, 0.2) is 0 Å². The van der Waals surface area contributed by atoms with Crippen LogP contribution < -0.4 is 5.32 Å². The first kappa shape index (κ1) is 11.1. The number of rotatable bonds is 3. The van der Waals surface area contributed by atoms with Gasteiger partial charge in [0.2, 0.25) is 5.91 Å². The van der Waals surface area contributed by atoms with Crippen LogP contribution in [-0.2, 0) is 9.53 Å². The van der Waals surface area contributed by atoms with Crippen molar-refractivity contribution >= 4 is 5.91 Å². The average molecular weight is 195 g/mol. The van der Waals surface area contributed by atoms with Crippen molar-refractivity contribution in [3.8, 4) is 12.3 Å². The molecule has 1 rings (SSSR count). The molecule has 0 aliphatic carbocycles. The van der Waals surface area contributed by atoms with Crippen LogP contribution in [0.3, 0.4) is 0 Å². The minimum absolute atomic E-state index is 0.0305. The molecule has 1 heterocycles. The number of amides is 1. The van der Waals surface area contributed by atoms with Crippen molar-refractivity contribution < 1.29 is 9.53 Å². The molecule has 14 heavy (non-hydrogen) atoms. The van der Waals surface area contributed by atoms with E-state index < -0.39 is 0 Å². The van der Waals surface area contributed by atoms with Gasteiger partial charge in [0, 0.05) is 12.5 Å². The third-order valence-electron chi connectivity index (χ3n) is 2.34. The van der Waals surface area contributed by atoms with Gasteiger partial charge in [-0.2, -0.15) is 0 Å². The topological polar surface area (TPSA) is 38.3 Å². The molecule has 1 aliphatic heterocycles. The van der Waals surface area contributed by atoms with Crippen molar-refractivity contribution in [3.05, 3.63) is 0 Å². The van der Waals surface area contributed by atoms with Crippen molar-refractivity contribution in [3.63, 3.8) is 0 Å². The van der Waals surface area contributed by atoms with Gasteiger partial charge in [0.05, 0.1) is 6.10 Å². The van der Waals surface area contributed by atoms with E-state index in [0.717, 1.165) is 12.8 Å². The zero-order valence-electron chi connectivity index (χ0n) is 8.75. The molecule has 0 bridgehead atoms. The number of carbonyl (C=O) groups excluding carboxylic acids is 1. The Labute approximate surface area is 85.2 Å². The first-order valence-electron chi connectivity index (χ1n) is 5.02. The molecule has 0 aromatic rings. The second kappa shape index (κ2) is 5.02. The molecule has 1 N–H and O–H groups in total. The van der Waals surface area contributed by atoms with Gasteiger partial charge in [0.1, 0.15) is 6.10 Å². The van der Waals surface area contributed by atoms with Crippen LogP contribution in [-0.4, -0.2) is 24.2 Å². The van der Waals surface area contributed by atoms with E-state index in [1.807, 2.05) is 13.8 Å². The van der Waals surface area contributed by atoms with E-state index in [9.17, 15) is 4.79 Å². The fraction of sp³-hybridized carbons (Fsp3) is 0.727. The third kappa shape index (κ3) is 3.04. The summed E-state index contributed by atoms with van der Waals surface area (Å²) >= 11 is 0. The maximum Gasteiger partial charge on any atom is 0.249 e. The van der Waals surface area contributed by atoms with E-state index in [4.69, 9.17) is 11.2 Å². The molecular weight excluding hydrogens is 178 g/mol. The van der Waals surface area contributed by atoms with Crippen molar-refractivity contribution in [1.82, 2.24) is 5.32 Å². The monoisotopic (exact) mass is 195 g/mol. The molecule has 0 radical (unpaired) electrons. The Bertz CT molecular complexity index is 244. The van der Waals surface area contributed by atoms with Gasteiger partial charge in [-0.25, -0.2) is 0 Å². The average Bonchev–Trinajstić information content (AvgIpc) is 2.52. The molecule has 1 amide bonds. The molecule has 3 nitrogen and oxygen atoms in total. The SMILES string of the molecule is C#CCC(C)NC(=O)C1CCC(C)O1. The summed E-state index contributed by atoms with van der Waals surface area (Å²) in [4.78, 5) is 11.6. The summed E-state index contributed by atoms with van der Waals surface area (Å²) in [6.07, 6.45) is 7.42. The van der Waals surface area contributed by atoms with E-state index in [1.54, 1.807) is 0 Å². The predicted molar refractivity (Wildman–Crippen MR) is 54.6 cm³/mol. The first-order valence-corrected chi connectivity index (χ1v) is 5.02. The molecule has 78 valence electrons. The lowest BCUT2D eigenvalue weighted by atomic mass is 10.2. The lowest BCUT2D eigenvalue weighted by Crippen LogP contribution is -2.39. The van der Waals surface area contributed by atoms with Gasteiger partial charge in [-0.15, -0.1) is 12.3 Å². The van der Waals surface area contributed by atoms with Crippen LogP contribution in [0, 0.1) is 12.3 Å². The number of terminal acetylenes is 1. The van der Waals surface area contributed by atoms with E-state index in [-0.39, 0.29) is 24.2 Å². The van der Waals surface area contributed by atoms with Gasteiger partial charge < -0.3 is 10.1 Å². The molecular formula is C11H17NO2. The minimum atomic E-state index is -0.273. The lowest BCUT2D eigenvalue weighted by Gasteiger charge is -2.15. The molecule has 0 spiro atoms. The van der Waals surface area contributed by atoms with E-state index >= 15 is 0 Å². The zero-order valence-corrected chi connectivity index (χ0v) is 8.75. The van der Waals surface area contributed by atoms with Crippen LogP contribution in [0.2, 0.25) is 0 Å². The normalized spacial score (nSPS) is 28.1. The Morgan fingerprint density at radius 2 is 2.43 bits per heavy atom. The van der Waals surface area contributed by atoms with E-state index in [1.165, 1.54) is 0 Å². The maximum atomic E-state index is 11.6. The quantitative estimate of drug-likeness (QED) is 0.684. The molecule has 3 atom stereocenters. The Hall–Kier alpha value is -1.01. The Balaban J connectivity index is 2.32. The Kier molecular flexibility index (Phi) is 3.97. The van der Waals surface area contributed by atoms with Gasteiger partial charge in [0.15, 0.2) is 0 Å². The second-order valence-electron chi connectivity index (χ2n) is 3.83. The summed E-state index contributed by atoms with van der Waals surface area (Å²) in [5, 5.41) is 2.84. The summed E-state index contributed by atoms with van der Waals surface area (Å²) in [6.45, 7) is 3.88. The Morgan fingerprint density at radius 1 is 1.71 bits per heavy atom. The molecule has 0 aromatic heterocycles. The largest absolute Gasteiger partial charge is 0.365 e. The fourth-order valence-electron chi connectivity index (χ4n) is 1.56. The first-order chi connectivity index (χ1) is 6.63. The molecule has 1 fully saturated rings. The standard InChI is InChI=1S/C11H17NO2/c1-4-5-8(2)12-11(13)10-7-6-9(3)14-10/h1,8-10H,5-7H2,2-3H3,(H,12,13). The molecule has 1 saturated heterocycles. The van der Waals surface area contributed by atoms with Crippen molar-refractivity contribution in [1.29, 1.82) is 0 Å².